The van der Waals surface area contributed by atoms with E-state index in [9.17, 15) is 4.79 Å². The van der Waals surface area contributed by atoms with Gasteiger partial charge >= 0.3 is 0 Å². The van der Waals surface area contributed by atoms with Crippen molar-refractivity contribution in [3.63, 3.8) is 0 Å². The number of thioether (sulfide) groups is 1. The van der Waals surface area contributed by atoms with Gasteiger partial charge in [0, 0.05) is 5.75 Å². The summed E-state index contributed by atoms with van der Waals surface area (Å²) >= 11 is 1.57. The van der Waals surface area contributed by atoms with Crippen LogP contribution in [0.15, 0.2) is 24.3 Å². The lowest BCUT2D eigenvalue weighted by Crippen LogP contribution is -2.08. The Morgan fingerprint density at radius 1 is 1.53 bits per heavy atom. The van der Waals surface area contributed by atoms with Crippen LogP contribution in [0.3, 0.4) is 0 Å². The molecule has 0 bridgehead atoms. The smallest absolute Gasteiger partial charge is 0.142 e. The van der Waals surface area contributed by atoms with Crippen molar-refractivity contribution in [2.24, 2.45) is 0 Å². The molecule has 1 rings (SSSR count). The topological polar surface area (TPSA) is 40.9 Å². The molecule has 15 heavy (non-hydrogen) atoms. The summed E-state index contributed by atoms with van der Waals surface area (Å²) in [7, 11) is 0. The molecule has 0 heterocycles. The fourth-order valence-electron chi connectivity index (χ4n) is 1.09. The van der Waals surface area contributed by atoms with E-state index in [1.807, 2.05) is 25.1 Å². The van der Waals surface area contributed by atoms with Gasteiger partial charge in [-0.05, 0) is 25.5 Å². The average molecular weight is 219 g/mol. The number of nitriles is 1. The second-order valence-corrected chi connectivity index (χ2v) is 4.66. The SMILES string of the molecule is CC(=O)C(C)SCc1ccccc1C#N. The van der Waals surface area contributed by atoms with Crippen molar-refractivity contribution in [3.8, 4) is 6.07 Å². The highest BCUT2D eigenvalue weighted by Crippen LogP contribution is 2.20. The zero-order valence-corrected chi connectivity index (χ0v) is 9.67. The molecule has 0 saturated carbocycles. The first kappa shape index (κ1) is 11.8. The Labute approximate surface area is 94.3 Å². The molecular weight excluding hydrogens is 206 g/mol. The third-order valence-electron chi connectivity index (χ3n) is 2.20. The number of carbonyl (C=O) groups excluding carboxylic acids is 1. The Kier molecular flexibility index (Phi) is 4.38. The standard InChI is InChI=1S/C12H13NOS/c1-9(14)10(2)15-8-12-6-4-3-5-11(12)7-13/h3-6,10H,8H2,1-2H3. The fourth-order valence-corrected chi connectivity index (χ4v) is 2.00. The van der Waals surface area contributed by atoms with Crippen LogP contribution in [0.2, 0.25) is 0 Å². The van der Waals surface area contributed by atoms with Gasteiger partial charge in [0.05, 0.1) is 16.9 Å². The molecule has 1 unspecified atom stereocenters. The molecule has 1 aromatic carbocycles. The maximum Gasteiger partial charge on any atom is 0.142 e. The minimum absolute atomic E-state index is 0.00301. The minimum atomic E-state index is -0.00301. The summed E-state index contributed by atoms with van der Waals surface area (Å²) < 4.78 is 0. The molecule has 1 atom stereocenters. The van der Waals surface area contributed by atoms with Gasteiger partial charge in [-0.3, -0.25) is 4.79 Å². The summed E-state index contributed by atoms with van der Waals surface area (Å²) in [6, 6.07) is 9.64. The predicted molar refractivity (Wildman–Crippen MR) is 62.6 cm³/mol. The highest BCUT2D eigenvalue weighted by molar-refractivity contribution is 7.99. The molecule has 0 spiro atoms. The van der Waals surface area contributed by atoms with Crippen LogP contribution in [0.1, 0.15) is 25.0 Å². The molecule has 0 fully saturated rings. The third-order valence-corrected chi connectivity index (χ3v) is 3.51. The van der Waals surface area contributed by atoms with Gasteiger partial charge in [0.2, 0.25) is 0 Å². The molecule has 0 aliphatic rings. The molecule has 0 saturated heterocycles. The number of carbonyl (C=O) groups is 1. The average Bonchev–Trinajstić information content (AvgIpc) is 2.26. The fraction of sp³-hybridized carbons (Fsp3) is 0.333. The second-order valence-electron chi connectivity index (χ2n) is 3.33. The predicted octanol–water partition coefficient (Wildman–Crippen LogP) is 2.77. The maximum absolute atomic E-state index is 11.0. The first-order valence-electron chi connectivity index (χ1n) is 4.75. The lowest BCUT2D eigenvalue weighted by molar-refractivity contribution is -0.116. The summed E-state index contributed by atoms with van der Waals surface area (Å²) in [4.78, 5) is 11.0. The van der Waals surface area contributed by atoms with Crippen LogP contribution in [0, 0.1) is 11.3 Å². The summed E-state index contributed by atoms with van der Waals surface area (Å²) in [6.45, 7) is 3.48. The molecule has 1 aromatic rings. The van der Waals surface area contributed by atoms with Gasteiger partial charge < -0.3 is 0 Å². The lowest BCUT2D eigenvalue weighted by Gasteiger charge is -2.07. The monoisotopic (exact) mass is 219 g/mol. The third kappa shape index (κ3) is 3.41. The van der Waals surface area contributed by atoms with Gasteiger partial charge in [-0.25, -0.2) is 0 Å². The highest BCUT2D eigenvalue weighted by Gasteiger charge is 2.09. The lowest BCUT2D eigenvalue weighted by atomic mass is 10.1. The Balaban J connectivity index is 2.66. The van der Waals surface area contributed by atoms with Gasteiger partial charge in [-0.2, -0.15) is 5.26 Å². The first-order chi connectivity index (χ1) is 7.15. The first-order valence-corrected chi connectivity index (χ1v) is 5.80. The van der Waals surface area contributed by atoms with E-state index in [2.05, 4.69) is 6.07 Å². The molecule has 2 nitrogen and oxygen atoms in total. The van der Waals surface area contributed by atoms with E-state index in [4.69, 9.17) is 5.26 Å². The molecule has 0 aromatic heterocycles. The van der Waals surface area contributed by atoms with Crippen LogP contribution < -0.4 is 0 Å². The molecule has 0 aliphatic carbocycles. The van der Waals surface area contributed by atoms with Crippen LogP contribution in [0.5, 0.6) is 0 Å². The largest absolute Gasteiger partial charge is 0.299 e. The number of hydrogen-bond donors (Lipinski definition) is 0. The maximum atomic E-state index is 11.0. The molecule has 0 aliphatic heterocycles. The Morgan fingerprint density at radius 2 is 2.20 bits per heavy atom. The normalized spacial score (nSPS) is 11.8. The molecule has 0 N–H and O–H groups in total. The number of nitrogens with zero attached hydrogens (tertiary/aromatic N) is 1. The van der Waals surface area contributed by atoms with Crippen molar-refractivity contribution in [2.75, 3.05) is 0 Å². The Morgan fingerprint density at radius 3 is 2.80 bits per heavy atom. The van der Waals surface area contributed by atoms with E-state index in [1.165, 1.54) is 0 Å². The van der Waals surface area contributed by atoms with Gasteiger partial charge in [-0.15, -0.1) is 11.8 Å². The zero-order chi connectivity index (χ0) is 11.3. The molecule has 0 radical (unpaired) electrons. The van der Waals surface area contributed by atoms with Crippen molar-refractivity contribution >= 4 is 17.5 Å². The van der Waals surface area contributed by atoms with E-state index in [-0.39, 0.29) is 11.0 Å². The number of rotatable bonds is 4. The Bertz CT molecular complexity index is 395. The quantitative estimate of drug-likeness (QED) is 0.781. The summed E-state index contributed by atoms with van der Waals surface area (Å²) in [5.74, 6) is 0.888. The van der Waals surface area contributed by atoms with Gasteiger partial charge in [-0.1, -0.05) is 18.2 Å². The minimum Gasteiger partial charge on any atom is -0.299 e. The molecule has 0 amide bonds. The molecule has 3 heteroatoms. The van der Waals surface area contributed by atoms with Crippen LogP contribution in [-0.2, 0) is 10.5 Å². The van der Waals surface area contributed by atoms with Crippen molar-refractivity contribution in [3.05, 3.63) is 35.4 Å². The zero-order valence-electron chi connectivity index (χ0n) is 8.86. The van der Waals surface area contributed by atoms with Crippen LogP contribution >= 0.6 is 11.8 Å². The van der Waals surface area contributed by atoms with E-state index < -0.39 is 0 Å². The summed E-state index contributed by atoms with van der Waals surface area (Å²) in [6.07, 6.45) is 0. The van der Waals surface area contributed by atoms with E-state index in [0.29, 0.717) is 11.3 Å². The highest BCUT2D eigenvalue weighted by atomic mass is 32.2. The van der Waals surface area contributed by atoms with E-state index in [0.717, 1.165) is 5.56 Å². The summed E-state index contributed by atoms with van der Waals surface area (Å²) in [5.41, 5.74) is 1.69. The second kappa shape index (κ2) is 5.57. The molecular formula is C12H13NOS. The van der Waals surface area contributed by atoms with E-state index >= 15 is 0 Å². The van der Waals surface area contributed by atoms with Gasteiger partial charge in [0.1, 0.15) is 5.78 Å². The summed E-state index contributed by atoms with van der Waals surface area (Å²) in [5, 5.41) is 8.86. The Hall–Kier alpha value is -1.27. The van der Waals surface area contributed by atoms with Crippen molar-refractivity contribution in [1.82, 2.24) is 0 Å². The van der Waals surface area contributed by atoms with Crippen LogP contribution in [0.25, 0.3) is 0 Å². The number of hydrogen-bond acceptors (Lipinski definition) is 3. The van der Waals surface area contributed by atoms with Crippen molar-refractivity contribution in [2.45, 2.75) is 24.9 Å². The number of Topliss-reactive ketones (excluding diaryl/α,β-unsaturated/α-hetero) is 1. The van der Waals surface area contributed by atoms with Crippen LogP contribution in [0.4, 0.5) is 0 Å². The van der Waals surface area contributed by atoms with Gasteiger partial charge in [0.25, 0.3) is 0 Å². The van der Waals surface area contributed by atoms with Gasteiger partial charge in [0.15, 0.2) is 0 Å². The number of ketones is 1. The molecule has 78 valence electrons. The van der Waals surface area contributed by atoms with E-state index in [1.54, 1.807) is 24.8 Å². The van der Waals surface area contributed by atoms with Crippen LogP contribution in [-0.4, -0.2) is 11.0 Å². The number of benzene rings is 1. The van der Waals surface area contributed by atoms with Crippen molar-refractivity contribution < 1.29 is 4.79 Å². The van der Waals surface area contributed by atoms with Crippen molar-refractivity contribution in [1.29, 1.82) is 5.26 Å².